The van der Waals surface area contributed by atoms with E-state index in [0.717, 1.165) is 38.9 Å². The van der Waals surface area contributed by atoms with Gasteiger partial charge in [0.2, 0.25) is 10.0 Å². The summed E-state index contributed by atoms with van der Waals surface area (Å²) in [6.07, 6.45) is 6.44. The van der Waals surface area contributed by atoms with E-state index < -0.39 is 10.0 Å². The third kappa shape index (κ3) is 2.76. The Labute approximate surface area is 98.4 Å². The molecule has 2 aliphatic rings. The van der Waals surface area contributed by atoms with E-state index in [1.807, 2.05) is 0 Å². The Hall–Kier alpha value is -0.130. The fourth-order valence-electron chi connectivity index (χ4n) is 2.57. The zero-order chi connectivity index (χ0) is 11.4. The Bertz CT molecular complexity index is 302. The van der Waals surface area contributed by atoms with Crippen LogP contribution >= 0.6 is 0 Å². The van der Waals surface area contributed by atoms with Crippen LogP contribution in [0.1, 0.15) is 38.5 Å². The minimum absolute atomic E-state index is 0.174. The van der Waals surface area contributed by atoms with Gasteiger partial charge in [-0.2, -0.15) is 0 Å². The molecule has 94 valence electrons. The summed E-state index contributed by atoms with van der Waals surface area (Å²) in [5.74, 6) is 0. The molecule has 0 aromatic rings. The van der Waals surface area contributed by atoms with Gasteiger partial charge in [-0.1, -0.05) is 19.3 Å². The summed E-state index contributed by atoms with van der Waals surface area (Å²) in [6, 6.07) is 0. The molecule has 2 saturated heterocycles. The van der Waals surface area contributed by atoms with Crippen LogP contribution in [-0.2, 0) is 10.0 Å². The molecule has 0 saturated carbocycles. The predicted molar refractivity (Wildman–Crippen MR) is 64.9 cm³/mol. The molecule has 1 atom stereocenters. The highest BCUT2D eigenvalue weighted by Crippen LogP contribution is 2.19. The van der Waals surface area contributed by atoms with Gasteiger partial charge in [0.15, 0.2) is 0 Å². The van der Waals surface area contributed by atoms with E-state index in [-0.39, 0.29) is 5.25 Å². The van der Waals surface area contributed by atoms with Gasteiger partial charge in [0, 0.05) is 19.6 Å². The molecular weight excluding hydrogens is 224 g/mol. The van der Waals surface area contributed by atoms with Crippen molar-refractivity contribution in [3.05, 3.63) is 0 Å². The molecule has 2 fully saturated rings. The molecule has 0 radical (unpaired) electrons. The van der Waals surface area contributed by atoms with Gasteiger partial charge in [-0.3, -0.25) is 0 Å². The molecule has 5 heteroatoms. The highest BCUT2D eigenvalue weighted by atomic mass is 32.2. The summed E-state index contributed by atoms with van der Waals surface area (Å²) in [6.45, 7) is 2.95. The number of hydrogen-bond donors (Lipinski definition) is 1. The Balaban J connectivity index is 2.02. The minimum atomic E-state index is -3.03. The van der Waals surface area contributed by atoms with Crippen LogP contribution in [0.25, 0.3) is 0 Å². The number of rotatable bonds is 2. The van der Waals surface area contributed by atoms with Gasteiger partial charge < -0.3 is 5.32 Å². The fourth-order valence-corrected chi connectivity index (χ4v) is 4.50. The summed E-state index contributed by atoms with van der Waals surface area (Å²) >= 11 is 0. The van der Waals surface area contributed by atoms with Gasteiger partial charge in [-0.25, -0.2) is 12.7 Å². The molecule has 1 unspecified atom stereocenters. The van der Waals surface area contributed by atoms with E-state index in [1.165, 1.54) is 19.3 Å². The van der Waals surface area contributed by atoms with E-state index in [4.69, 9.17) is 0 Å². The van der Waals surface area contributed by atoms with Crippen molar-refractivity contribution in [1.82, 2.24) is 9.62 Å². The third-order valence-electron chi connectivity index (χ3n) is 3.61. The van der Waals surface area contributed by atoms with Crippen LogP contribution in [0.4, 0.5) is 0 Å². The van der Waals surface area contributed by atoms with Crippen LogP contribution in [0.2, 0.25) is 0 Å². The van der Waals surface area contributed by atoms with Gasteiger partial charge in [0.1, 0.15) is 0 Å². The van der Waals surface area contributed by atoms with Crippen LogP contribution < -0.4 is 5.32 Å². The summed E-state index contributed by atoms with van der Waals surface area (Å²) in [5, 5.41) is 2.97. The molecular formula is C11H22N2O2S. The molecule has 0 amide bonds. The first kappa shape index (κ1) is 12.3. The molecule has 4 nitrogen and oxygen atoms in total. The molecule has 0 aromatic heterocycles. The topological polar surface area (TPSA) is 49.4 Å². The van der Waals surface area contributed by atoms with Crippen molar-refractivity contribution in [1.29, 1.82) is 0 Å². The molecule has 0 spiro atoms. The highest BCUT2D eigenvalue weighted by Gasteiger charge is 2.33. The van der Waals surface area contributed by atoms with Crippen molar-refractivity contribution < 1.29 is 8.42 Å². The van der Waals surface area contributed by atoms with Crippen LogP contribution in [0.15, 0.2) is 0 Å². The van der Waals surface area contributed by atoms with E-state index in [9.17, 15) is 8.42 Å². The van der Waals surface area contributed by atoms with Crippen molar-refractivity contribution in [3.63, 3.8) is 0 Å². The van der Waals surface area contributed by atoms with Gasteiger partial charge in [0.25, 0.3) is 0 Å². The lowest BCUT2D eigenvalue weighted by Gasteiger charge is -2.26. The molecule has 0 aliphatic carbocycles. The largest absolute Gasteiger partial charge is 0.315 e. The summed E-state index contributed by atoms with van der Waals surface area (Å²) in [5.41, 5.74) is 0. The molecule has 16 heavy (non-hydrogen) atoms. The lowest BCUT2D eigenvalue weighted by molar-refractivity contribution is 0.360. The predicted octanol–water partition coefficient (Wildman–Crippen LogP) is 0.944. The zero-order valence-corrected chi connectivity index (χ0v) is 10.6. The first-order chi connectivity index (χ1) is 7.71. The molecule has 0 aromatic carbocycles. The monoisotopic (exact) mass is 246 g/mol. The Morgan fingerprint density at radius 1 is 1.00 bits per heavy atom. The number of hydrogen-bond acceptors (Lipinski definition) is 3. The normalized spacial score (nSPS) is 29.9. The fraction of sp³-hybridized carbons (Fsp3) is 1.00. The molecule has 2 heterocycles. The summed E-state index contributed by atoms with van der Waals surface area (Å²) in [4.78, 5) is 0. The lowest BCUT2D eigenvalue weighted by Crippen LogP contribution is -2.41. The Kier molecular flexibility index (Phi) is 4.21. The van der Waals surface area contributed by atoms with Gasteiger partial charge >= 0.3 is 0 Å². The number of nitrogens with zero attached hydrogens (tertiary/aromatic N) is 1. The quantitative estimate of drug-likeness (QED) is 0.789. The summed E-state index contributed by atoms with van der Waals surface area (Å²) < 4.78 is 26.4. The maximum absolute atomic E-state index is 12.3. The highest BCUT2D eigenvalue weighted by molar-refractivity contribution is 7.89. The maximum atomic E-state index is 12.3. The number of nitrogens with one attached hydrogen (secondary N) is 1. The Morgan fingerprint density at radius 2 is 1.62 bits per heavy atom. The van der Waals surface area contributed by atoms with Crippen LogP contribution in [-0.4, -0.2) is 44.2 Å². The van der Waals surface area contributed by atoms with Crippen LogP contribution in [0.3, 0.4) is 0 Å². The van der Waals surface area contributed by atoms with E-state index in [0.29, 0.717) is 6.54 Å². The molecule has 2 aliphatic heterocycles. The van der Waals surface area contributed by atoms with Crippen molar-refractivity contribution in [2.75, 3.05) is 26.2 Å². The van der Waals surface area contributed by atoms with Crippen LogP contribution in [0, 0.1) is 0 Å². The van der Waals surface area contributed by atoms with Gasteiger partial charge in [-0.15, -0.1) is 0 Å². The van der Waals surface area contributed by atoms with E-state index in [1.54, 1.807) is 4.31 Å². The van der Waals surface area contributed by atoms with Gasteiger partial charge in [0.05, 0.1) is 5.25 Å². The average Bonchev–Trinajstić information content (AvgIpc) is 2.68. The third-order valence-corrected chi connectivity index (χ3v) is 5.94. The maximum Gasteiger partial charge on any atom is 0.218 e. The SMILES string of the molecule is O=S(=O)(C1CCNC1)N1CCCCCCC1. The van der Waals surface area contributed by atoms with Gasteiger partial charge in [-0.05, 0) is 25.8 Å². The van der Waals surface area contributed by atoms with Crippen molar-refractivity contribution in [3.8, 4) is 0 Å². The van der Waals surface area contributed by atoms with E-state index in [2.05, 4.69) is 5.32 Å². The first-order valence-corrected chi connectivity index (χ1v) is 7.91. The van der Waals surface area contributed by atoms with E-state index >= 15 is 0 Å². The molecule has 1 N–H and O–H groups in total. The lowest BCUT2D eigenvalue weighted by atomic mass is 10.1. The summed E-state index contributed by atoms with van der Waals surface area (Å²) in [7, 11) is -3.03. The number of sulfonamides is 1. The zero-order valence-electron chi connectivity index (χ0n) is 9.82. The van der Waals surface area contributed by atoms with Crippen LogP contribution in [0.5, 0.6) is 0 Å². The van der Waals surface area contributed by atoms with Crippen molar-refractivity contribution in [2.24, 2.45) is 0 Å². The second-order valence-electron chi connectivity index (χ2n) is 4.83. The second-order valence-corrected chi connectivity index (χ2v) is 7.04. The Morgan fingerprint density at radius 3 is 2.19 bits per heavy atom. The minimum Gasteiger partial charge on any atom is -0.315 e. The first-order valence-electron chi connectivity index (χ1n) is 6.41. The average molecular weight is 246 g/mol. The smallest absolute Gasteiger partial charge is 0.218 e. The molecule has 2 rings (SSSR count). The van der Waals surface area contributed by atoms with Crippen molar-refractivity contribution in [2.45, 2.75) is 43.8 Å². The molecule has 0 bridgehead atoms. The standard InChI is InChI=1S/C11H22N2O2S/c14-16(15,11-6-7-12-10-11)13-8-4-2-1-3-5-9-13/h11-12H,1-10H2. The van der Waals surface area contributed by atoms with Crippen molar-refractivity contribution >= 4 is 10.0 Å². The second kappa shape index (κ2) is 5.47.